The van der Waals surface area contributed by atoms with E-state index in [1.807, 2.05) is 12.2 Å². The van der Waals surface area contributed by atoms with Crippen LogP contribution in [0, 0.1) is 0 Å². The second-order valence-electron chi connectivity index (χ2n) is 8.36. The first-order chi connectivity index (χ1) is 16.2. The van der Waals surface area contributed by atoms with Crippen LogP contribution < -0.4 is 10.6 Å². The lowest BCUT2D eigenvalue weighted by Gasteiger charge is -2.12. The van der Waals surface area contributed by atoms with E-state index in [-0.39, 0.29) is 23.9 Å². The second-order valence-corrected chi connectivity index (χ2v) is 9.44. The van der Waals surface area contributed by atoms with E-state index >= 15 is 0 Å². The van der Waals surface area contributed by atoms with E-state index in [1.165, 1.54) is 28.8 Å². The maximum atomic E-state index is 12.8. The fourth-order valence-corrected chi connectivity index (χ4v) is 5.19. The van der Waals surface area contributed by atoms with Gasteiger partial charge in [-0.2, -0.15) is 5.10 Å². The van der Waals surface area contributed by atoms with E-state index in [1.54, 1.807) is 23.1 Å². The minimum Gasteiger partial charge on any atom is -0.348 e. The molecule has 3 aliphatic rings. The molecule has 5 rings (SSSR count). The van der Waals surface area contributed by atoms with Crippen molar-refractivity contribution in [2.24, 2.45) is 0 Å². The van der Waals surface area contributed by atoms with Crippen molar-refractivity contribution in [2.45, 2.75) is 44.2 Å². The minimum absolute atomic E-state index is 0.0885. The van der Waals surface area contributed by atoms with Gasteiger partial charge in [0.2, 0.25) is 0 Å². The number of carbonyl (C=O) groups excluding carboxylic acids is 2. The molecular formula is C25H25N5O2S. The van der Waals surface area contributed by atoms with Crippen molar-refractivity contribution in [1.82, 2.24) is 25.4 Å². The van der Waals surface area contributed by atoms with Gasteiger partial charge in [0, 0.05) is 18.2 Å². The summed E-state index contributed by atoms with van der Waals surface area (Å²) in [6, 6.07) is 3.65. The zero-order valence-corrected chi connectivity index (χ0v) is 18.9. The summed E-state index contributed by atoms with van der Waals surface area (Å²) in [6.45, 7) is 0. The summed E-state index contributed by atoms with van der Waals surface area (Å²) in [5.41, 5.74) is 3.57. The smallest absolute Gasteiger partial charge is 0.265 e. The fourth-order valence-electron chi connectivity index (χ4n) is 4.38. The Kier molecular flexibility index (Phi) is 6.17. The summed E-state index contributed by atoms with van der Waals surface area (Å²) >= 11 is 1.22. The third-order valence-electron chi connectivity index (χ3n) is 6.06. The highest BCUT2D eigenvalue weighted by atomic mass is 32.1. The minimum atomic E-state index is -0.191. The summed E-state index contributed by atoms with van der Waals surface area (Å²) in [5.74, 6) is -0.308. The Morgan fingerprint density at radius 2 is 1.94 bits per heavy atom. The van der Waals surface area contributed by atoms with Crippen molar-refractivity contribution in [2.75, 3.05) is 0 Å². The van der Waals surface area contributed by atoms with Crippen LogP contribution in [0.1, 0.15) is 57.5 Å². The monoisotopic (exact) mass is 459 g/mol. The number of nitrogens with zero attached hydrogens (tertiary/aromatic N) is 3. The Hall–Kier alpha value is -3.52. The van der Waals surface area contributed by atoms with Crippen molar-refractivity contribution in [3.63, 3.8) is 0 Å². The van der Waals surface area contributed by atoms with Gasteiger partial charge in [0.05, 0.1) is 15.8 Å². The molecule has 0 saturated heterocycles. The Morgan fingerprint density at radius 3 is 2.79 bits per heavy atom. The highest BCUT2D eigenvalue weighted by Crippen LogP contribution is 2.32. The summed E-state index contributed by atoms with van der Waals surface area (Å²) in [4.78, 5) is 30.6. The molecule has 168 valence electrons. The SMILES string of the molecule is O=C(NC1=CCC(n2cncn2)C=CC1)c1ccc(C(=O)NC2CC3=C(CC=CC=C3)C2)s1. The molecule has 0 radical (unpaired) electrons. The molecule has 8 heteroatoms. The van der Waals surface area contributed by atoms with Gasteiger partial charge in [-0.15, -0.1) is 11.3 Å². The second kappa shape index (κ2) is 9.54. The summed E-state index contributed by atoms with van der Waals surface area (Å²) in [6.07, 6.45) is 21.8. The van der Waals surface area contributed by atoms with E-state index in [2.05, 4.69) is 51.1 Å². The Balaban J connectivity index is 1.16. The van der Waals surface area contributed by atoms with Gasteiger partial charge in [0.1, 0.15) is 12.7 Å². The summed E-state index contributed by atoms with van der Waals surface area (Å²) in [5, 5.41) is 10.3. The van der Waals surface area contributed by atoms with Gasteiger partial charge < -0.3 is 10.6 Å². The molecule has 2 aromatic rings. The number of carbonyl (C=O) groups is 2. The molecule has 2 heterocycles. The fraction of sp³-hybridized carbons (Fsp3) is 0.280. The van der Waals surface area contributed by atoms with Gasteiger partial charge >= 0.3 is 0 Å². The molecule has 33 heavy (non-hydrogen) atoms. The molecule has 0 bridgehead atoms. The third kappa shape index (κ3) is 4.96. The Morgan fingerprint density at radius 1 is 1.06 bits per heavy atom. The molecule has 2 unspecified atom stereocenters. The molecule has 2 N–H and O–H groups in total. The van der Waals surface area contributed by atoms with Crippen molar-refractivity contribution < 1.29 is 9.59 Å². The van der Waals surface area contributed by atoms with Crippen LogP contribution in [0.4, 0.5) is 0 Å². The van der Waals surface area contributed by atoms with E-state index in [9.17, 15) is 9.59 Å². The zero-order chi connectivity index (χ0) is 22.6. The predicted octanol–water partition coefficient (Wildman–Crippen LogP) is 4.25. The first-order valence-electron chi connectivity index (χ1n) is 11.1. The topological polar surface area (TPSA) is 88.9 Å². The number of rotatable bonds is 5. The molecule has 0 aromatic carbocycles. The molecular weight excluding hydrogens is 434 g/mol. The maximum Gasteiger partial charge on any atom is 0.265 e. The molecule has 0 spiro atoms. The molecule has 0 aliphatic heterocycles. The van der Waals surface area contributed by atoms with Gasteiger partial charge in [-0.25, -0.2) is 9.67 Å². The average molecular weight is 460 g/mol. The van der Waals surface area contributed by atoms with E-state index < -0.39 is 0 Å². The van der Waals surface area contributed by atoms with Crippen LogP contribution in [-0.4, -0.2) is 32.6 Å². The number of hydrogen-bond donors (Lipinski definition) is 2. The Bertz CT molecular complexity index is 1200. The molecule has 2 aromatic heterocycles. The van der Waals surface area contributed by atoms with Crippen LogP contribution in [0.25, 0.3) is 0 Å². The maximum absolute atomic E-state index is 12.8. The predicted molar refractivity (Wildman–Crippen MR) is 128 cm³/mol. The normalized spacial score (nSPS) is 21.9. The van der Waals surface area contributed by atoms with Crippen molar-refractivity contribution >= 4 is 23.2 Å². The highest BCUT2D eigenvalue weighted by Gasteiger charge is 2.25. The number of thiophene rings is 1. The first kappa shape index (κ1) is 21.3. The molecule has 0 fully saturated rings. The number of nitrogens with one attached hydrogen (secondary N) is 2. The van der Waals surface area contributed by atoms with Crippen LogP contribution in [0.5, 0.6) is 0 Å². The molecule has 2 atom stereocenters. The molecule has 3 aliphatic carbocycles. The van der Waals surface area contributed by atoms with E-state index in [0.717, 1.165) is 31.4 Å². The summed E-state index contributed by atoms with van der Waals surface area (Å²) in [7, 11) is 0. The first-order valence-corrected chi connectivity index (χ1v) is 11.9. The van der Waals surface area contributed by atoms with Crippen molar-refractivity contribution in [3.05, 3.63) is 93.9 Å². The number of amides is 2. The van der Waals surface area contributed by atoms with E-state index in [0.29, 0.717) is 16.2 Å². The van der Waals surface area contributed by atoms with Gasteiger partial charge in [-0.3, -0.25) is 9.59 Å². The van der Waals surface area contributed by atoms with Crippen LogP contribution >= 0.6 is 11.3 Å². The van der Waals surface area contributed by atoms with Crippen molar-refractivity contribution in [1.29, 1.82) is 0 Å². The van der Waals surface area contributed by atoms with Gasteiger partial charge in [0.15, 0.2) is 0 Å². The van der Waals surface area contributed by atoms with Gasteiger partial charge in [-0.05, 0) is 43.4 Å². The quantitative estimate of drug-likeness (QED) is 0.654. The standard InChI is InChI=1S/C25H25N5O2S/c31-24(28-19-7-4-8-21(10-9-19)30-16-26-15-27-30)22-11-12-23(33-22)25(32)29-20-13-17-5-2-1-3-6-18(17)14-20/h1-5,8-9,11-12,15-16,20-21H,6-7,10,13-14H2,(H,28,31)(H,29,32). The van der Waals surface area contributed by atoms with Gasteiger partial charge in [-0.1, -0.05) is 48.1 Å². The summed E-state index contributed by atoms with van der Waals surface area (Å²) < 4.78 is 1.80. The molecule has 0 saturated carbocycles. The lowest BCUT2D eigenvalue weighted by atomic mass is 10.1. The highest BCUT2D eigenvalue weighted by molar-refractivity contribution is 7.15. The number of hydrogen-bond acceptors (Lipinski definition) is 5. The third-order valence-corrected chi connectivity index (χ3v) is 7.15. The number of allylic oxidation sites excluding steroid dienone is 7. The largest absolute Gasteiger partial charge is 0.348 e. The number of aromatic nitrogens is 3. The van der Waals surface area contributed by atoms with Crippen molar-refractivity contribution in [3.8, 4) is 0 Å². The van der Waals surface area contributed by atoms with Crippen LogP contribution in [0.3, 0.4) is 0 Å². The van der Waals surface area contributed by atoms with Crippen LogP contribution in [0.2, 0.25) is 0 Å². The Labute approximate surface area is 196 Å². The average Bonchev–Trinajstić information content (AvgIpc) is 3.52. The van der Waals surface area contributed by atoms with E-state index in [4.69, 9.17) is 0 Å². The molecule has 7 nitrogen and oxygen atoms in total. The lowest BCUT2D eigenvalue weighted by Crippen LogP contribution is -2.32. The molecule has 2 amide bonds. The zero-order valence-electron chi connectivity index (χ0n) is 18.1. The van der Waals surface area contributed by atoms with Crippen LogP contribution in [-0.2, 0) is 0 Å². The van der Waals surface area contributed by atoms with Crippen LogP contribution in [0.15, 0.2) is 84.2 Å². The van der Waals surface area contributed by atoms with Gasteiger partial charge in [0.25, 0.3) is 11.8 Å². The lowest BCUT2D eigenvalue weighted by molar-refractivity contribution is 0.0941.